The summed E-state index contributed by atoms with van der Waals surface area (Å²) in [4.78, 5) is 22.7. The Morgan fingerprint density at radius 3 is 2.56 bits per heavy atom. The number of hydrogen-bond acceptors (Lipinski definition) is 8. The van der Waals surface area contributed by atoms with E-state index >= 15 is 0 Å². The number of benzene rings is 1. The number of morpholine rings is 1. The Labute approximate surface area is 230 Å². The van der Waals surface area contributed by atoms with Crippen LogP contribution in [0.2, 0.25) is 0 Å². The molecule has 2 saturated heterocycles. The van der Waals surface area contributed by atoms with Gasteiger partial charge in [0, 0.05) is 26.2 Å². The number of aliphatic hydroxyl groups is 1. The van der Waals surface area contributed by atoms with E-state index in [0.717, 1.165) is 50.4 Å². The van der Waals surface area contributed by atoms with Gasteiger partial charge in [-0.1, -0.05) is 0 Å². The van der Waals surface area contributed by atoms with Gasteiger partial charge in [-0.2, -0.15) is 0 Å². The molecule has 11 heteroatoms. The van der Waals surface area contributed by atoms with Crippen LogP contribution in [0.4, 0.5) is 23.0 Å². The van der Waals surface area contributed by atoms with Crippen molar-refractivity contribution >= 4 is 38.9 Å². The summed E-state index contributed by atoms with van der Waals surface area (Å²) in [5.74, 6) is 0.973. The number of amides is 1. The molecule has 10 nitrogen and oxygen atoms in total. The van der Waals surface area contributed by atoms with Crippen molar-refractivity contribution in [2.75, 3.05) is 59.2 Å². The summed E-state index contributed by atoms with van der Waals surface area (Å²) in [7, 11) is -3.77. The third-order valence-electron chi connectivity index (χ3n) is 8.17. The molecular weight excluding hydrogens is 518 g/mol. The molecule has 0 unspecified atom stereocenters. The Morgan fingerprint density at radius 1 is 1.15 bits per heavy atom. The molecule has 1 saturated carbocycles. The predicted molar refractivity (Wildman–Crippen MR) is 153 cm³/mol. The number of aryl methyl sites for hydroxylation is 1. The van der Waals surface area contributed by atoms with Crippen molar-refractivity contribution in [3.63, 3.8) is 0 Å². The van der Waals surface area contributed by atoms with Crippen molar-refractivity contribution in [3.8, 4) is 0 Å². The first-order chi connectivity index (χ1) is 18.6. The third kappa shape index (κ3) is 6.31. The van der Waals surface area contributed by atoms with Crippen molar-refractivity contribution in [3.05, 3.63) is 41.5 Å². The number of ether oxygens (including phenoxy) is 1. The number of anilines is 4. The Hall–Kier alpha value is -2.89. The van der Waals surface area contributed by atoms with Crippen LogP contribution in [0, 0.1) is 12.3 Å². The van der Waals surface area contributed by atoms with Crippen LogP contribution in [0.1, 0.15) is 55.5 Å². The molecule has 3 heterocycles. The largest absolute Gasteiger partial charge is 0.395 e. The van der Waals surface area contributed by atoms with Crippen molar-refractivity contribution in [1.82, 2.24) is 4.98 Å². The lowest BCUT2D eigenvalue weighted by Crippen LogP contribution is -2.41. The van der Waals surface area contributed by atoms with Crippen molar-refractivity contribution < 1.29 is 23.1 Å². The maximum atomic E-state index is 13.6. The third-order valence-corrected chi connectivity index (χ3v) is 9.90. The molecule has 1 spiro atoms. The molecule has 212 valence electrons. The second-order valence-corrected chi connectivity index (χ2v) is 13.4. The van der Waals surface area contributed by atoms with E-state index in [1.165, 1.54) is 19.8 Å². The van der Waals surface area contributed by atoms with Crippen LogP contribution in [-0.2, 0) is 14.8 Å². The minimum absolute atomic E-state index is 0.109. The number of sulfonamides is 1. The van der Waals surface area contributed by atoms with E-state index in [1.54, 1.807) is 18.2 Å². The molecule has 1 aromatic heterocycles. The van der Waals surface area contributed by atoms with Gasteiger partial charge in [-0.15, -0.1) is 0 Å². The highest BCUT2D eigenvalue weighted by Crippen LogP contribution is 2.54. The van der Waals surface area contributed by atoms with E-state index in [4.69, 9.17) is 9.72 Å². The number of carbonyl (C=O) groups excluding carboxylic acids is 1. The lowest BCUT2D eigenvalue weighted by Gasteiger charge is -2.35. The summed E-state index contributed by atoms with van der Waals surface area (Å²) in [5, 5.41) is 11.4. The first-order valence-electron chi connectivity index (χ1n) is 13.8. The number of nitrogens with zero attached hydrogens (tertiary/aromatic N) is 3. The Kier molecular flexibility index (Phi) is 7.76. The minimum Gasteiger partial charge on any atom is -0.395 e. The monoisotopic (exact) mass is 557 g/mol. The molecule has 1 amide bonds. The molecule has 39 heavy (non-hydrogen) atoms. The summed E-state index contributed by atoms with van der Waals surface area (Å²) >= 11 is 0. The molecular formula is C28H39N5O5S. The van der Waals surface area contributed by atoms with Crippen LogP contribution in [0.3, 0.4) is 0 Å². The topological polar surface area (TPSA) is 124 Å². The van der Waals surface area contributed by atoms with Gasteiger partial charge in [0.15, 0.2) is 0 Å². The zero-order valence-corrected chi connectivity index (χ0v) is 23.8. The van der Waals surface area contributed by atoms with E-state index in [9.17, 15) is 18.3 Å². The first kappa shape index (κ1) is 27.7. The van der Waals surface area contributed by atoms with Gasteiger partial charge in [-0.3, -0.25) is 9.52 Å². The molecule has 1 aliphatic carbocycles. The van der Waals surface area contributed by atoms with Crippen molar-refractivity contribution in [2.24, 2.45) is 5.41 Å². The molecule has 3 aliphatic rings. The highest BCUT2D eigenvalue weighted by Gasteiger charge is 2.44. The van der Waals surface area contributed by atoms with Crippen LogP contribution < -0.4 is 19.8 Å². The maximum absolute atomic E-state index is 13.6. The summed E-state index contributed by atoms with van der Waals surface area (Å²) in [5.41, 5.74) is 2.96. The molecule has 3 fully saturated rings. The lowest BCUT2D eigenvalue weighted by atomic mass is 9.93. The molecule has 0 bridgehead atoms. The number of pyridine rings is 1. The van der Waals surface area contributed by atoms with Gasteiger partial charge in [0.1, 0.15) is 16.9 Å². The number of hydrogen-bond donors (Lipinski definition) is 3. The highest BCUT2D eigenvalue weighted by molar-refractivity contribution is 7.93. The van der Waals surface area contributed by atoms with Crippen LogP contribution >= 0.6 is 0 Å². The molecule has 3 N–H and O–H groups in total. The number of aromatic nitrogens is 1. The fraction of sp³-hybridized carbons (Fsp3) is 0.571. The average molecular weight is 558 g/mol. The van der Waals surface area contributed by atoms with Crippen molar-refractivity contribution in [2.45, 2.75) is 57.8 Å². The number of rotatable bonds is 8. The van der Waals surface area contributed by atoms with Gasteiger partial charge < -0.3 is 25.0 Å². The zero-order valence-electron chi connectivity index (χ0n) is 22.9. The Morgan fingerprint density at radius 2 is 1.90 bits per heavy atom. The lowest BCUT2D eigenvalue weighted by molar-refractivity contribution is 0.0529. The van der Waals surface area contributed by atoms with Crippen molar-refractivity contribution in [1.29, 1.82) is 0 Å². The van der Waals surface area contributed by atoms with Gasteiger partial charge in [0.25, 0.3) is 5.91 Å². The van der Waals surface area contributed by atoms with E-state index in [0.29, 0.717) is 34.8 Å². The first-order valence-corrected chi connectivity index (χ1v) is 15.3. The maximum Gasteiger partial charge on any atom is 0.258 e. The molecule has 2 aliphatic heterocycles. The van der Waals surface area contributed by atoms with Crippen LogP contribution in [0.5, 0.6) is 0 Å². The highest BCUT2D eigenvalue weighted by atomic mass is 32.2. The fourth-order valence-electron chi connectivity index (χ4n) is 5.40. The second-order valence-electron chi connectivity index (χ2n) is 11.3. The molecule has 1 aromatic carbocycles. The fourth-order valence-corrected chi connectivity index (χ4v) is 6.25. The van der Waals surface area contributed by atoms with Gasteiger partial charge in [-0.05, 0) is 87.8 Å². The Bertz CT molecular complexity index is 1320. The van der Waals surface area contributed by atoms with E-state index in [2.05, 4.69) is 19.8 Å². The molecule has 2 atom stereocenters. The molecule has 2 aromatic rings. The summed E-state index contributed by atoms with van der Waals surface area (Å²) in [6.07, 6.45) is 4.75. The smallest absolute Gasteiger partial charge is 0.258 e. The summed E-state index contributed by atoms with van der Waals surface area (Å²) < 4.78 is 33.4. The van der Waals surface area contributed by atoms with Gasteiger partial charge in [0.2, 0.25) is 10.0 Å². The van der Waals surface area contributed by atoms with Crippen LogP contribution in [0.25, 0.3) is 0 Å². The predicted octanol–water partition coefficient (Wildman–Crippen LogP) is 3.37. The van der Waals surface area contributed by atoms with Gasteiger partial charge >= 0.3 is 0 Å². The van der Waals surface area contributed by atoms with Gasteiger partial charge in [0.05, 0.1) is 36.3 Å². The standard InChI is InChI=1S/C28H39N5O5S/c1-19-14-25(29-26(15-19)33-12-13-38-20(2)17-33)30-27(35)23-5-4-22(31-39(36,37)21(3)18-34)16-24(23)32-10-8-28(6-7-28)9-11-32/h4-5,14-16,20-21,31,34H,6-13,17-18H2,1-3H3,(H,29,30,35)/t20-,21+/m1/s1. The normalized spacial score (nSPS) is 21.5. The number of piperidine rings is 1. The second kappa shape index (κ2) is 10.9. The van der Waals surface area contributed by atoms with Crippen LogP contribution in [-0.4, -0.2) is 75.2 Å². The van der Waals surface area contributed by atoms with E-state index in [1.807, 2.05) is 26.0 Å². The summed E-state index contributed by atoms with van der Waals surface area (Å²) in [6.45, 7) is 8.70. The average Bonchev–Trinajstić information content (AvgIpc) is 3.66. The van der Waals surface area contributed by atoms with Crippen LogP contribution in [0.15, 0.2) is 30.3 Å². The van der Waals surface area contributed by atoms with E-state index in [-0.39, 0.29) is 12.0 Å². The van der Waals surface area contributed by atoms with Gasteiger partial charge in [-0.25, -0.2) is 13.4 Å². The zero-order chi connectivity index (χ0) is 27.8. The summed E-state index contributed by atoms with van der Waals surface area (Å²) in [6, 6.07) is 8.84. The number of carbonyl (C=O) groups is 1. The minimum atomic E-state index is -3.77. The number of nitrogens with one attached hydrogen (secondary N) is 2. The quantitative estimate of drug-likeness (QED) is 0.451. The van der Waals surface area contributed by atoms with E-state index < -0.39 is 21.9 Å². The Balaban J connectivity index is 1.41. The SMILES string of the molecule is Cc1cc(NC(=O)c2ccc(NS(=O)(=O)[C@@H](C)CO)cc2N2CCC3(CC2)CC3)nc(N2CCO[C@H](C)C2)c1. The molecule has 0 radical (unpaired) electrons. The molecule has 5 rings (SSSR count). The number of aliphatic hydroxyl groups excluding tert-OH is 1.